The lowest BCUT2D eigenvalue weighted by Crippen LogP contribution is -2.14. The smallest absolute Gasteiger partial charge is 0.136 e. The fourth-order valence-corrected chi connectivity index (χ4v) is 1.87. The Labute approximate surface area is 84.1 Å². The Balaban J connectivity index is 2.07. The molecule has 1 aliphatic carbocycles. The van der Waals surface area contributed by atoms with Crippen molar-refractivity contribution >= 4 is 5.78 Å². The van der Waals surface area contributed by atoms with Gasteiger partial charge in [-0.3, -0.25) is 9.48 Å². The van der Waals surface area contributed by atoms with E-state index in [0.717, 1.165) is 25.8 Å². The number of carbonyl (C=O) groups is 1. The number of Topliss-reactive ketones (excluding diaryl/α,β-unsaturated/α-hetero) is 1. The van der Waals surface area contributed by atoms with Gasteiger partial charge in [0.2, 0.25) is 0 Å². The monoisotopic (exact) mass is 192 g/mol. The van der Waals surface area contributed by atoms with Gasteiger partial charge in [-0.1, -0.05) is 0 Å². The Morgan fingerprint density at radius 2 is 2.36 bits per heavy atom. The van der Waals surface area contributed by atoms with Crippen LogP contribution in [0.5, 0.6) is 0 Å². The summed E-state index contributed by atoms with van der Waals surface area (Å²) in [4.78, 5) is 11.4. The van der Waals surface area contributed by atoms with Crippen LogP contribution in [-0.4, -0.2) is 15.6 Å². The number of ketones is 1. The molecule has 1 saturated carbocycles. The average molecular weight is 192 g/mol. The number of aromatic nitrogens is 2. The zero-order chi connectivity index (χ0) is 10.2. The number of nitrogens with zero attached hydrogens (tertiary/aromatic N) is 2. The summed E-state index contributed by atoms with van der Waals surface area (Å²) in [5.41, 5.74) is 1.17. The fraction of sp³-hybridized carbons (Fsp3) is 0.636. The molecule has 0 unspecified atom stereocenters. The molecule has 3 nitrogen and oxygen atoms in total. The molecule has 1 aromatic heterocycles. The molecule has 0 atom stereocenters. The molecule has 0 bridgehead atoms. The topological polar surface area (TPSA) is 34.9 Å². The van der Waals surface area contributed by atoms with Gasteiger partial charge in [0.1, 0.15) is 5.78 Å². The summed E-state index contributed by atoms with van der Waals surface area (Å²) >= 11 is 0. The van der Waals surface area contributed by atoms with Gasteiger partial charge in [0.05, 0.1) is 6.20 Å². The van der Waals surface area contributed by atoms with Gasteiger partial charge in [-0.15, -0.1) is 0 Å². The summed E-state index contributed by atoms with van der Waals surface area (Å²) in [5, 5.41) is 4.21. The predicted octanol–water partition coefficient (Wildman–Crippen LogP) is 1.81. The van der Waals surface area contributed by atoms with E-state index in [4.69, 9.17) is 0 Å². The molecule has 0 aromatic carbocycles. The Bertz CT molecular complexity index is 350. The molecule has 0 amide bonds. The molecule has 3 heteroatoms. The van der Waals surface area contributed by atoms with Gasteiger partial charge >= 0.3 is 0 Å². The highest BCUT2D eigenvalue weighted by atomic mass is 16.1. The van der Waals surface area contributed by atoms with E-state index in [1.165, 1.54) is 5.56 Å². The van der Waals surface area contributed by atoms with E-state index in [2.05, 4.69) is 12.0 Å². The molecular weight excluding hydrogens is 176 g/mol. The maximum Gasteiger partial charge on any atom is 0.136 e. The van der Waals surface area contributed by atoms with E-state index < -0.39 is 0 Å². The molecular formula is C11H16N2O. The molecule has 0 radical (unpaired) electrons. The normalized spacial score (nSPS) is 18.1. The fourth-order valence-electron chi connectivity index (χ4n) is 1.87. The minimum atomic E-state index is -0.0262. The number of hydrogen-bond acceptors (Lipinski definition) is 2. The van der Waals surface area contributed by atoms with Crippen molar-refractivity contribution in [1.29, 1.82) is 0 Å². The van der Waals surface area contributed by atoms with Gasteiger partial charge in [-0.05, 0) is 38.7 Å². The zero-order valence-electron chi connectivity index (χ0n) is 8.79. The van der Waals surface area contributed by atoms with Crippen molar-refractivity contribution in [3.05, 3.63) is 18.0 Å². The molecule has 14 heavy (non-hydrogen) atoms. The quantitative estimate of drug-likeness (QED) is 0.729. The molecule has 0 N–H and O–H groups in total. The summed E-state index contributed by atoms with van der Waals surface area (Å²) in [5.74, 6) is 0.335. The van der Waals surface area contributed by atoms with Crippen LogP contribution in [0.25, 0.3) is 0 Å². The second-order valence-corrected chi connectivity index (χ2v) is 4.22. The van der Waals surface area contributed by atoms with Crippen molar-refractivity contribution in [2.45, 2.75) is 39.7 Å². The van der Waals surface area contributed by atoms with Crippen LogP contribution in [0.15, 0.2) is 12.4 Å². The summed E-state index contributed by atoms with van der Waals surface area (Å²) in [6, 6.07) is 0. The standard InChI is InChI=1S/C11H16N2O/c1-3-13-8-10(7-12-13)6-11(4-5-11)9(2)14/h7-8H,3-6H2,1-2H3. The highest BCUT2D eigenvalue weighted by Gasteiger charge is 2.47. The van der Waals surface area contributed by atoms with Crippen LogP contribution in [0.2, 0.25) is 0 Å². The SMILES string of the molecule is CCn1cc(CC2(C(C)=O)CC2)cn1. The molecule has 0 spiro atoms. The molecule has 2 rings (SSSR count). The lowest BCUT2D eigenvalue weighted by atomic mass is 9.95. The van der Waals surface area contributed by atoms with Crippen molar-refractivity contribution in [3.63, 3.8) is 0 Å². The van der Waals surface area contributed by atoms with Gasteiger partial charge in [-0.2, -0.15) is 5.10 Å². The molecule has 1 aliphatic rings. The van der Waals surface area contributed by atoms with E-state index in [1.54, 1.807) is 6.92 Å². The second-order valence-electron chi connectivity index (χ2n) is 4.22. The minimum absolute atomic E-state index is 0.0262. The third-order valence-corrected chi connectivity index (χ3v) is 3.15. The molecule has 0 saturated heterocycles. The lowest BCUT2D eigenvalue weighted by molar-refractivity contribution is -0.121. The predicted molar refractivity (Wildman–Crippen MR) is 54.0 cm³/mol. The van der Waals surface area contributed by atoms with Crippen molar-refractivity contribution in [1.82, 2.24) is 9.78 Å². The maximum atomic E-state index is 11.4. The molecule has 1 aromatic rings. The Morgan fingerprint density at radius 3 is 2.79 bits per heavy atom. The number of aryl methyl sites for hydroxylation is 1. The minimum Gasteiger partial charge on any atom is -0.299 e. The van der Waals surface area contributed by atoms with Crippen LogP contribution in [0.3, 0.4) is 0 Å². The molecule has 76 valence electrons. The van der Waals surface area contributed by atoms with Gasteiger partial charge < -0.3 is 0 Å². The third-order valence-electron chi connectivity index (χ3n) is 3.15. The largest absolute Gasteiger partial charge is 0.299 e. The van der Waals surface area contributed by atoms with E-state index in [1.807, 2.05) is 17.1 Å². The highest BCUT2D eigenvalue weighted by molar-refractivity contribution is 5.85. The molecule has 1 fully saturated rings. The van der Waals surface area contributed by atoms with Crippen LogP contribution in [0.1, 0.15) is 32.3 Å². The van der Waals surface area contributed by atoms with E-state index in [0.29, 0.717) is 5.78 Å². The van der Waals surface area contributed by atoms with Gasteiger partial charge in [0, 0.05) is 18.2 Å². The van der Waals surface area contributed by atoms with Crippen LogP contribution in [-0.2, 0) is 17.8 Å². The van der Waals surface area contributed by atoms with Crippen LogP contribution in [0.4, 0.5) is 0 Å². The molecule has 1 heterocycles. The van der Waals surface area contributed by atoms with Gasteiger partial charge in [0.25, 0.3) is 0 Å². The van der Waals surface area contributed by atoms with Gasteiger partial charge in [0.15, 0.2) is 0 Å². The Kier molecular flexibility index (Phi) is 2.17. The van der Waals surface area contributed by atoms with Crippen LogP contribution in [0, 0.1) is 5.41 Å². The van der Waals surface area contributed by atoms with Crippen LogP contribution >= 0.6 is 0 Å². The number of hydrogen-bond donors (Lipinski definition) is 0. The summed E-state index contributed by atoms with van der Waals surface area (Å²) in [6.45, 7) is 4.67. The summed E-state index contributed by atoms with van der Waals surface area (Å²) in [7, 11) is 0. The van der Waals surface area contributed by atoms with E-state index >= 15 is 0 Å². The first kappa shape index (κ1) is 9.44. The number of carbonyl (C=O) groups excluding carboxylic acids is 1. The summed E-state index contributed by atoms with van der Waals surface area (Å²) in [6.07, 6.45) is 6.91. The first-order chi connectivity index (χ1) is 6.66. The first-order valence-electron chi connectivity index (χ1n) is 5.19. The lowest BCUT2D eigenvalue weighted by Gasteiger charge is -2.08. The van der Waals surface area contributed by atoms with Crippen molar-refractivity contribution < 1.29 is 4.79 Å². The summed E-state index contributed by atoms with van der Waals surface area (Å²) < 4.78 is 1.91. The Morgan fingerprint density at radius 1 is 1.64 bits per heavy atom. The second kappa shape index (κ2) is 3.23. The van der Waals surface area contributed by atoms with Gasteiger partial charge in [-0.25, -0.2) is 0 Å². The Hall–Kier alpha value is -1.12. The zero-order valence-corrected chi connectivity index (χ0v) is 8.79. The third kappa shape index (κ3) is 1.59. The van der Waals surface area contributed by atoms with Crippen LogP contribution < -0.4 is 0 Å². The van der Waals surface area contributed by atoms with E-state index in [9.17, 15) is 4.79 Å². The maximum absolute atomic E-state index is 11.4. The first-order valence-corrected chi connectivity index (χ1v) is 5.19. The number of rotatable bonds is 4. The van der Waals surface area contributed by atoms with Crippen molar-refractivity contribution in [2.75, 3.05) is 0 Å². The van der Waals surface area contributed by atoms with Crippen molar-refractivity contribution in [2.24, 2.45) is 5.41 Å². The molecule has 0 aliphatic heterocycles. The van der Waals surface area contributed by atoms with E-state index in [-0.39, 0.29) is 5.41 Å². The highest BCUT2D eigenvalue weighted by Crippen LogP contribution is 2.49. The average Bonchev–Trinajstić information content (AvgIpc) is 2.78. The van der Waals surface area contributed by atoms with Crippen molar-refractivity contribution in [3.8, 4) is 0 Å².